The van der Waals surface area contributed by atoms with E-state index < -0.39 is 22.8 Å². The first kappa shape index (κ1) is 21.0. The van der Waals surface area contributed by atoms with Gasteiger partial charge in [0.2, 0.25) is 0 Å². The molecular formula is C21H24ClN3O4. The number of carboxylic acids is 1. The van der Waals surface area contributed by atoms with E-state index in [0.717, 1.165) is 37.0 Å². The summed E-state index contributed by atoms with van der Waals surface area (Å²) < 4.78 is 0. The number of nitrogens with zero attached hydrogens (tertiary/aromatic N) is 1. The second kappa shape index (κ2) is 7.93. The summed E-state index contributed by atoms with van der Waals surface area (Å²) in [5, 5.41) is 20.8. The monoisotopic (exact) mass is 417 g/mol. The number of nitrogens with one attached hydrogen (secondary N) is 2. The van der Waals surface area contributed by atoms with Crippen molar-refractivity contribution in [2.75, 3.05) is 20.1 Å². The summed E-state index contributed by atoms with van der Waals surface area (Å²) in [6, 6.07) is 5.90. The highest BCUT2D eigenvalue weighted by molar-refractivity contribution is 5.93. The van der Waals surface area contributed by atoms with E-state index in [1.807, 2.05) is 25.1 Å². The number of pyridine rings is 1. The van der Waals surface area contributed by atoms with Crippen LogP contribution in [0.1, 0.15) is 34.1 Å². The average Bonchev–Trinajstić information content (AvgIpc) is 2.90. The second-order valence-corrected chi connectivity index (χ2v) is 7.34. The van der Waals surface area contributed by atoms with Crippen LogP contribution < -0.4 is 5.56 Å². The minimum absolute atomic E-state index is 0. The molecule has 0 saturated carbocycles. The number of hydrogen-bond acceptors (Lipinski definition) is 4. The molecule has 0 aliphatic carbocycles. The molecule has 29 heavy (non-hydrogen) atoms. The Bertz CT molecular complexity index is 1150. The Morgan fingerprint density at radius 1 is 1.21 bits per heavy atom. The van der Waals surface area contributed by atoms with Gasteiger partial charge >= 0.3 is 5.97 Å². The number of likely N-dealkylation sites (N-methyl/N-ethyl adjacent to an activating group) is 1. The number of carbonyl (C=O) groups is 1. The van der Waals surface area contributed by atoms with Gasteiger partial charge in [0.05, 0.1) is 5.69 Å². The van der Waals surface area contributed by atoms with Gasteiger partial charge in [-0.25, -0.2) is 4.79 Å². The molecule has 8 heteroatoms. The van der Waals surface area contributed by atoms with E-state index in [0.29, 0.717) is 17.7 Å². The van der Waals surface area contributed by atoms with Crippen LogP contribution in [0.15, 0.2) is 23.0 Å². The molecule has 7 nitrogen and oxygen atoms in total. The third-order valence-electron chi connectivity index (χ3n) is 5.63. The summed E-state index contributed by atoms with van der Waals surface area (Å²) in [4.78, 5) is 32.0. The minimum atomic E-state index is -1.44. The fourth-order valence-corrected chi connectivity index (χ4v) is 4.10. The topological polar surface area (TPSA) is 109 Å². The van der Waals surface area contributed by atoms with Gasteiger partial charge in [0.1, 0.15) is 5.75 Å². The van der Waals surface area contributed by atoms with Gasteiger partial charge in [0, 0.05) is 47.2 Å². The first-order valence-electron chi connectivity index (χ1n) is 9.44. The highest BCUT2D eigenvalue weighted by atomic mass is 35.5. The van der Waals surface area contributed by atoms with Crippen LogP contribution in [0.4, 0.5) is 0 Å². The molecule has 0 amide bonds. The van der Waals surface area contributed by atoms with E-state index in [4.69, 9.17) is 0 Å². The van der Waals surface area contributed by atoms with Gasteiger partial charge in [-0.15, -0.1) is 12.4 Å². The lowest BCUT2D eigenvalue weighted by Crippen LogP contribution is -2.21. The van der Waals surface area contributed by atoms with E-state index in [1.54, 1.807) is 0 Å². The number of H-pyrrole nitrogens is 2. The molecule has 4 N–H and O–H groups in total. The Morgan fingerprint density at radius 2 is 1.93 bits per heavy atom. The van der Waals surface area contributed by atoms with Crippen molar-refractivity contribution in [1.29, 1.82) is 0 Å². The van der Waals surface area contributed by atoms with E-state index in [9.17, 15) is 19.8 Å². The van der Waals surface area contributed by atoms with Gasteiger partial charge in [0.25, 0.3) is 5.56 Å². The van der Waals surface area contributed by atoms with Gasteiger partial charge in [-0.2, -0.15) is 0 Å². The van der Waals surface area contributed by atoms with Gasteiger partial charge in [-0.05, 0) is 31.5 Å². The Morgan fingerprint density at radius 3 is 2.62 bits per heavy atom. The number of rotatable bonds is 3. The van der Waals surface area contributed by atoms with Crippen molar-refractivity contribution in [3.8, 4) is 17.0 Å². The minimum Gasteiger partial charge on any atom is -0.506 e. The lowest BCUT2D eigenvalue weighted by Gasteiger charge is -2.13. The normalized spacial score (nSPS) is 14.3. The number of fused-ring (bicyclic) bond motifs is 3. The molecule has 0 fully saturated rings. The molecule has 0 saturated heterocycles. The summed E-state index contributed by atoms with van der Waals surface area (Å²) in [5.74, 6) is -1.90. The molecule has 1 aliphatic rings. The van der Waals surface area contributed by atoms with Crippen molar-refractivity contribution in [2.45, 2.75) is 26.2 Å². The first-order valence-corrected chi connectivity index (χ1v) is 9.44. The van der Waals surface area contributed by atoms with Gasteiger partial charge < -0.3 is 25.1 Å². The number of aromatic nitrogens is 2. The highest BCUT2D eigenvalue weighted by Gasteiger charge is 2.22. The predicted octanol–water partition coefficient (Wildman–Crippen LogP) is 2.94. The van der Waals surface area contributed by atoms with Crippen molar-refractivity contribution in [1.82, 2.24) is 14.9 Å². The fourth-order valence-electron chi connectivity index (χ4n) is 4.10. The van der Waals surface area contributed by atoms with E-state index in [1.165, 1.54) is 16.6 Å². The van der Waals surface area contributed by atoms with Crippen LogP contribution in [-0.2, 0) is 19.3 Å². The molecule has 1 aliphatic heterocycles. The molecule has 4 rings (SSSR count). The number of aromatic amines is 2. The van der Waals surface area contributed by atoms with E-state index in [2.05, 4.69) is 21.9 Å². The van der Waals surface area contributed by atoms with Crippen molar-refractivity contribution < 1.29 is 15.0 Å². The molecule has 3 aromatic rings. The smallest absolute Gasteiger partial charge is 0.345 e. The van der Waals surface area contributed by atoms with Crippen LogP contribution in [0.3, 0.4) is 0 Å². The molecule has 0 unspecified atom stereocenters. The van der Waals surface area contributed by atoms with Crippen molar-refractivity contribution in [3.05, 3.63) is 50.9 Å². The van der Waals surface area contributed by atoms with Crippen LogP contribution in [0.2, 0.25) is 0 Å². The molecule has 0 spiro atoms. The number of aromatic carboxylic acids is 1. The Kier molecular flexibility index (Phi) is 5.73. The summed E-state index contributed by atoms with van der Waals surface area (Å²) in [5.41, 5.74) is 3.76. The molecular weight excluding hydrogens is 394 g/mol. The lowest BCUT2D eigenvalue weighted by molar-refractivity contribution is 0.0691. The quantitative estimate of drug-likeness (QED) is 0.523. The van der Waals surface area contributed by atoms with E-state index >= 15 is 0 Å². The molecule has 0 atom stereocenters. The van der Waals surface area contributed by atoms with Crippen molar-refractivity contribution >= 4 is 29.3 Å². The number of aromatic hydroxyl groups is 1. The maximum Gasteiger partial charge on any atom is 0.345 e. The SMILES string of the molecule is CCc1c(-c2ccc3c4c([nH]c3c2)CCN(C)CC4)[nH]c(=O)c(C(=O)O)c1O.Cl. The highest BCUT2D eigenvalue weighted by Crippen LogP contribution is 2.33. The summed E-state index contributed by atoms with van der Waals surface area (Å²) in [6.45, 7) is 3.83. The fraction of sp³-hybridized carbons (Fsp3) is 0.333. The number of benzene rings is 1. The summed E-state index contributed by atoms with van der Waals surface area (Å²) in [6.07, 6.45) is 2.33. The molecule has 1 aromatic carbocycles. The zero-order valence-electron chi connectivity index (χ0n) is 16.3. The predicted molar refractivity (Wildman–Crippen MR) is 115 cm³/mol. The maximum absolute atomic E-state index is 12.2. The third-order valence-corrected chi connectivity index (χ3v) is 5.63. The maximum atomic E-state index is 12.2. The molecule has 154 valence electrons. The lowest BCUT2D eigenvalue weighted by atomic mass is 9.99. The van der Waals surface area contributed by atoms with Crippen molar-refractivity contribution in [2.24, 2.45) is 0 Å². The summed E-state index contributed by atoms with van der Waals surface area (Å²) in [7, 11) is 2.13. The molecule has 0 bridgehead atoms. The molecule has 3 heterocycles. The Labute approximate surface area is 173 Å². The second-order valence-electron chi connectivity index (χ2n) is 7.34. The summed E-state index contributed by atoms with van der Waals surface area (Å²) >= 11 is 0. The zero-order chi connectivity index (χ0) is 20.0. The number of hydrogen-bond donors (Lipinski definition) is 4. The Balaban J connectivity index is 0.00000240. The number of carboxylic acid groups (broad SMARTS) is 1. The van der Waals surface area contributed by atoms with Crippen molar-refractivity contribution in [3.63, 3.8) is 0 Å². The third kappa shape index (κ3) is 3.52. The van der Waals surface area contributed by atoms with Crippen LogP contribution >= 0.6 is 12.4 Å². The van der Waals surface area contributed by atoms with Gasteiger partial charge in [0.15, 0.2) is 5.56 Å². The van der Waals surface area contributed by atoms with Crippen LogP contribution in [-0.4, -0.2) is 51.2 Å². The van der Waals surface area contributed by atoms with Gasteiger partial charge in [-0.3, -0.25) is 4.79 Å². The van der Waals surface area contributed by atoms with Crippen LogP contribution in [0, 0.1) is 0 Å². The Hall–Kier alpha value is -2.77. The van der Waals surface area contributed by atoms with Crippen LogP contribution in [0.25, 0.3) is 22.2 Å². The first-order chi connectivity index (χ1) is 13.4. The zero-order valence-corrected chi connectivity index (χ0v) is 17.2. The van der Waals surface area contributed by atoms with Crippen LogP contribution in [0.5, 0.6) is 5.75 Å². The molecule has 2 aromatic heterocycles. The molecule has 0 radical (unpaired) electrons. The van der Waals surface area contributed by atoms with E-state index in [-0.39, 0.29) is 12.4 Å². The average molecular weight is 418 g/mol. The standard InChI is InChI=1S/C21H23N3O4.ClH/c1-3-12-18(23-20(26)17(19(12)25)21(27)28)11-4-5-13-14-6-8-24(2)9-7-15(14)22-16(13)10-11;/h4-5,10,22H,3,6-9H2,1-2H3,(H,27,28)(H2,23,25,26);1H. The largest absolute Gasteiger partial charge is 0.506 e. The van der Waals surface area contributed by atoms with Gasteiger partial charge in [-0.1, -0.05) is 19.1 Å². The number of halogens is 1.